The molecule has 0 saturated carbocycles. The minimum Gasteiger partial charge on any atom is -0.422 e. The van der Waals surface area contributed by atoms with Crippen LogP contribution in [-0.4, -0.2) is 51.5 Å². The van der Waals surface area contributed by atoms with Gasteiger partial charge in [-0.05, 0) is 45.1 Å². The number of benzene rings is 1. The van der Waals surface area contributed by atoms with E-state index in [1.165, 1.54) is 0 Å². The average Bonchev–Trinajstić information content (AvgIpc) is 3.13. The molecule has 31 heavy (non-hydrogen) atoms. The molecule has 160 valence electrons. The summed E-state index contributed by atoms with van der Waals surface area (Å²) in [6, 6.07) is 8.56. The number of fused-ring (bicyclic) bond motifs is 2. The lowest BCUT2D eigenvalue weighted by atomic mass is 10.0. The lowest BCUT2D eigenvalue weighted by molar-refractivity contribution is 0.183. The first-order valence-corrected chi connectivity index (χ1v) is 10.9. The van der Waals surface area contributed by atoms with Gasteiger partial charge in [0, 0.05) is 48.7 Å². The van der Waals surface area contributed by atoms with Gasteiger partial charge in [0.2, 0.25) is 0 Å². The standard InChI is InChI=1S/C24H27N5O2/c1-5-27(6-2)19-12-28(13-19)18-8-7-17-9-20(24(30)31-22(17)10-18)21-14-29-11-15(3)25-16(4)23(29)26-21/h7-11,14,19H,5-6,12-13H2,1-4H3. The van der Waals surface area contributed by atoms with Gasteiger partial charge in [-0.15, -0.1) is 0 Å². The van der Waals surface area contributed by atoms with Crippen molar-refractivity contribution in [2.45, 2.75) is 33.7 Å². The maximum Gasteiger partial charge on any atom is 0.345 e. The molecule has 5 rings (SSSR count). The molecule has 0 bridgehead atoms. The van der Waals surface area contributed by atoms with Crippen LogP contribution >= 0.6 is 0 Å². The Kier molecular flexibility index (Phi) is 4.78. The Balaban J connectivity index is 1.46. The summed E-state index contributed by atoms with van der Waals surface area (Å²) in [5, 5.41) is 0.891. The van der Waals surface area contributed by atoms with Crippen molar-refractivity contribution in [3.05, 3.63) is 58.5 Å². The lowest BCUT2D eigenvalue weighted by Crippen LogP contribution is -2.59. The van der Waals surface area contributed by atoms with Gasteiger partial charge in [0.05, 0.1) is 22.6 Å². The van der Waals surface area contributed by atoms with E-state index in [9.17, 15) is 4.79 Å². The zero-order chi connectivity index (χ0) is 21.7. The van der Waals surface area contributed by atoms with Gasteiger partial charge in [-0.1, -0.05) is 13.8 Å². The van der Waals surface area contributed by atoms with Gasteiger partial charge in [-0.2, -0.15) is 0 Å². The second kappa shape index (κ2) is 7.50. The van der Waals surface area contributed by atoms with Crippen LogP contribution in [0.4, 0.5) is 5.69 Å². The van der Waals surface area contributed by atoms with Crippen molar-refractivity contribution >= 4 is 22.3 Å². The molecule has 0 radical (unpaired) electrons. The van der Waals surface area contributed by atoms with Gasteiger partial charge in [0.15, 0.2) is 5.65 Å². The molecule has 0 aliphatic carbocycles. The number of likely N-dealkylation sites (N-methyl/N-ethyl adjacent to an activating group) is 1. The maximum atomic E-state index is 12.8. The van der Waals surface area contributed by atoms with Crippen molar-refractivity contribution < 1.29 is 4.42 Å². The normalized spacial score (nSPS) is 14.7. The third-order valence-electron chi connectivity index (χ3n) is 6.28. The fourth-order valence-electron chi connectivity index (χ4n) is 4.55. The highest BCUT2D eigenvalue weighted by Crippen LogP contribution is 2.29. The van der Waals surface area contributed by atoms with Crippen LogP contribution in [0, 0.1) is 13.8 Å². The summed E-state index contributed by atoms with van der Waals surface area (Å²) in [4.78, 5) is 26.7. The second-order valence-electron chi connectivity index (χ2n) is 8.27. The topological polar surface area (TPSA) is 66.9 Å². The second-order valence-corrected chi connectivity index (χ2v) is 8.27. The summed E-state index contributed by atoms with van der Waals surface area (Å²) in [6.45, 7) is 12.4. The average molecular weight is 418 g/mol. The maximum absolute atomic E-state index is 12.8. The summed E-state index contributed by atoms with van der Waals surface area (Å²) in [5.74, 6) is 0. The molecule has 4 aromatic rings. The van der Waals surface area contributed by atoms with Crippen LogP contribution < -0.4 is 10.5 Å². The van der Waals surface area contributed by atoms with Crippen molar-refractivity contribution in [2.75, 3.05) is 31.1 Å². The number of aryl methyl sites for hydroxylation is 2. The zero-order valence-corrected chi connectivity index (χ0v) is 18.4. The quantitative estimate of drug-likeness (QED) is 0.462. The summed E-state index contributed by atoms with van der Waals surface area (Å²) in [5.41, 5.74) is 4.87. The third kappa shape index (κ3) is 3.39. The van der Waals surface area contributed by atoms with Crippen LogP contribution in [0.25, 0.3) is 27.9 Å². The molecular formula is C24H27N5O2. The van der Waals surface area contributed by atoms with Crippen LogP contribution in [0.15, 0.2) is 45.9 Å². The van der Waals surface area contributed by atoms with Gasteiger partial charge < -0.3 is 13.7 Å². The van der Waals surface area contributed by atoms with Crippen molar-refractivity contribution in [3.63, 3.8) is 0 Å². The summed E-state index contributed by atoms with van der Waals surface area (Å²) in [6.07, 6.45) is 3.77. The van der Waals surface area contributed by atoms with Gasteiger partial charge in [0.1, 0.15) is 5.58 Å². The van der Waals surface area contributed by atoms with Gasteiger partial charge in [-0.3, -0.25) is 9.88 Å². The van der Waals surface area contributed by atoms with E-state index >= 15 is 0 Å². The molecule has 0 unspecified atom stereocenters. The number of nitrogens with zero attached hydrogens (tertiary/aromatic N) is 5. The Morgan fingerprint density at radius 1 is 1.10 bits per heavy atom. The van der Waals surface area contributed by atoms with E-state index in [1.807, 2.05) is 48.8 Å². The molecule has 0 spiro atoms. The van der Waals surface area contributed by atoms with Crippen molar-refractivity contribution in [1.29, 1.82) is 0 Å². The third-order valence-corrected chi connectivity index (χ3v) is 6.28. The molecule has 0 amide bonds. The molecular weight excluding hydrogens is 390 g/mol. The largest absolute Gasteiger partial charge is 0.422 e. The molecule has 0 N–H and O–H groups in total. The summed E-state index contributed by atoms with van der Waals surface area (Å²) in [7, 11) is 0. The molecule has 1 aliphatic heterocycles. The van der Waals surface area contributed by atoms with E-state index in [0.717, 1.165) is 54.3 Å². The van der Waals surface area contributed by atoms with E-state index < -0.39 is 0 Å². The van der Waals surface area contributed by atoms with E-state index in [0.29, 0.717) is 22.9 Å². The Labute approximate surface area is 180 Å². The smallest absolute Gasteiger partial charge is 0.345 e. The highest BCUT2D eigenvalue weighted by molar-refractivity contribution is 5.84. The number of hydrogen-bond donors (Lipinski definition) is 0. The summed E-state index contributed by atoms with van der Waals surface area (Å²) >= 11 is 0. The zero-order valence-electron chi connectivity index (χ0n) is 18.4. The van der Waals surface area contributed by atoms with E-state index in [-0.39, 0.29) is 5.63 Å². The van der Waals surface area contributed by atoms with Gasteiger partial charge in [0.25, 0.3) is 0 Å². The minimum atomic E-state index is -0.375. The highest BCUT2D eigenvalue weighted by Gasteiger charge is 2.30. The fourth-order valence-corrected chi connectivity index (χ4v) is 4.55. The molecule has 7 nitrogen and oxygen atoms in total. The van der Waals surface area contributed by atoms with Crippen LogP contribution in [0.1, 0.15) is 25.2 Å². The van der Waals surface area contributed by atoms with E-state index in [1.54, 1.807) is 0 Å². The lowest BCUT2D eigenvalue weighted by Gasteiger charge is -2.46. The number of anilines is 1. The monoisotopic (exact) mass is 417 g/mol. The number of rotatable bonds is 5. The first-order chi connectivity index (χ1) is 15.0. The van der Waals surface area contributed by atoms with Crippen LogP contribution in [0.3, 0.4) is 0 Å². The molecule has 1 saturated heterocycles. The Hall–Kier alpha value is -3.19. The van der Waals surface area contributed by atoms with Gasteiger partial charge >= 0.3 is 5.63 Å². The Morgan fingerprint density at radius 2 is 1.87 bits per heavy atom. The predicted octanol–water partition coefficient (Wildman–Crippen LogP) is 3.65. The molecule has 1 fully saturated rings. The summed E-state index contributed by atoms with van der Waals surface area (Å²) < 4.78 is 7.63. The van der Waals surface area contributed by atoms with Crippen LogP contribution in [-0.2, 0) is 0 Å². The minimum absolute atomic E-state index is 0.375. The molecule has 0 atom stereocenters. The Bertz CT molecular complexity index is 1330. The SMILES string of the molecule is CCN(CC)C1CN(c2ccc3cc(-c4cn5cc(C)nc(C)c5n4)c(=O)oc3c2)C1. The number of hydrogen-bond acceptors (Lipinski definition) is 6. The predicted molar refractivity (Wildman–Crippen MR) is 123 cm³/mol. The number of imidazole rings is 1. The molecule has 3 aromatic heterocycles. The molecule has 7 heteroatoms. The van der Waals surface area contributed by atoms with E-state index in [2.05, 4.69) is 39.7 Å². The molecule has 1 aromatic carbocycles. The Morgan fingerprint density at radius 3 is 2.61 bits per heavy atom. The first-order valence-electron chi connectivity index (χ1n) is 10.9. The van der Waals surface area contributed by atoms with Crippen molar-refractivity contribution in [2.24, 2.45) is 0 Å². The number of aromatic nitrogens is 3. The fraction of sp³-hybridized carbons (Fsp3) is 0.375. The first kappa shape index (κ1) is 19.8. The highest BCUT2D eigenvalue weighted by atomic mass is 16.4. The van der Waals surface area contributed by atoms with Crippen molar-refractivity contribution in [1.82, 2.24) is 19.3 Å². The van der Waals surface area contributed by atoms with Crippen LogP contribution in [0.5, 0.6) is 0 Å². The van der Waals surface area contributed by atoms with Gasteiger partial charge in [-0.25, -0.2) is 9.78 Å². The van der Waals surface area contributed by atoms with E-state index in [4.69, 9.17) is 4.42 Å². The van der Waals surface area contributed by atoms with Crippen molar-refractivity contribution in [3.8, 4) is 11.3 Å². The molecule has 4 heterocycles. The molecule has 1 aliphatic rings. The van der Waals surface area contributed by atoms with Crippen LogP contribution in [0.2, 0.25) is 0 Å².